The largest absolute Gasteiger partial charge is 0.353 e. The van der Waals surface area contributed by atoms with Gasteiger partial charge in [-0.2, -0.15) is 11.3 Å². The van der Waals surface area contributed by atoms with Gasteiger partial charge < -0.3 is 11.1 Å². The van der Waals surface area contributed by atoms with E-state index in [1.807, 2.05) is 17.5 Å². The van der Waals surface area contributed by atoms with Crippen LogP contribution < -0.4 is 11.1 Å². The Bertz CT molecular complexity index is 413. The van der Waals surface area contributed by atoms with Gasteiger partial charge >= 0.3 is 0 Å². The lowest BCUT2D eigenvalue weighted by Crippen LogP contribution is -2.14. The van der Waals surface area contributed by atoms with Gasteiger partial charge in [-0.15, -0.1) is 0 Å². The molecular formula is C10H12N4S. The number of hydrogen-bond donors (Lipinski definition) is 2. The lowest BCUT2D eigenvalue weighted by Gasteiger charge is -2.03. The molecule has 0 aromatic carbocycles. The van der Waals surface area contributed by atoms with Crippen molar-refractivity contribution in [1.82, 2.24) is 9.97 Å². The van der Waals surface area contributed by atoms with E-state index in [1.54, 1.807) is 17.5 Å². The molecule has 3 N–H and O–H groups in total. The van der Waals surface area contributed by atoms with Crippen LogP contribution in [0.25, 0.3) is 11.3 Å². The maximum absolute atomic E-state index is 5.39. The topological polar surface area (TPSA) is 63.8 Å². The molecule has 0 spiro atoms. The van der Waals surface area contributed by atoms with Crippen LogP contribution in [-0.4, -0.2) is 23.1 Å². The van der Waals surface area contributed by atoms with E-state index in [0.717, 1.165) is 11.3 Å². The Morgan fingerprint density at radius 3 is 3.07 bits per heavy atom. The normalized spacial score (nSPS) is 10.2. The molecule has 2 aromatic heterocycles. The van der Waals surface area contributed by atoms with Crippen molar-refractivity contribution in [2.45, 2.75) is 0 Å². The van der Waals surface area contributed by atoms with Crippen molar-refractivity contribution in [3.05, 3.63) is 29.1 Å². The first-order valence-corrected chi connectivity index (χ1v) is 5.64. The fraction of sp³-hybridized carbons (Fsp3) is 0.200. The predicted molar refractivity (Wildman–Crippen MR) is 62.9 cm³/mol. The first-order chi connectivity index (χ1) is 7.40. The van der Waals surface area contributed by atoms with Crippen molar-refractivity contribution >= 4 is 17.3 Å². The fourth-order valence-corrected chi connectivity index (χ4v) is 1.85. The van der Waals surface area contributed by atoms with Crippen molar-refractivity contribution < 1.29 is 0 Å². The van der Waals surface area contributed by atoms with Crippen molar-refractivity contribution in [3.63, 3.8) is 0 Å². The zero-order chi connectivity index (χ0) is 10.5. The molecule has 0 radical (unpaired) electrons. The molecule has 78 valence electrons. The third-order valence-electron chi connectivity index (χ3n) is 1.90. The molecule has 2 aromatic rings. The zero-order valence-electron chi connectivity index (χ0n) is 8.18. The van der Waals surface area contributed by atoms with Crippen LogP contribution in [0.15, 0.2) is 29.1 Å². The molecule has 0 aliphatic carbocycles. The van der Waals surface area contributed by atoms with E-state index in [4.69, 9.17) is 5.73 Å². The molecule has 5 heteroatoms. The Labute approximate surface area is 92.2 Å². The molecule has 0 saturated carbocycles. The molecule has 0 amide bonds. The first-order valence-electron chi connectivity index (χ1n) is 4.69. The maximum Gasteiger partial charge on any atom is 0.223 e. The van der Waals surface area contributed by atoms with Gasteiger partial charge in [-0.05, 0) is 17.5 Å². The summed E-state index contributed by atoms with van der Waals surface area (Å²) in [5.41, 5.74) is 7.45. The van der Waals surface area contributed by atoms with Gasteiger partial charge in [0.05, 0.1) is 5.69 Å². The van der Waals surface area contributed by atoms with E-state index < -0.39 is 0 Å². The van der Waals surface area contributed by atoms with Gasteiger partial charge in [0.25, 0.3) is 0 Å². The second kappa shape index (κ2) is 4.86. The average molecular weight is 220 g/mol. The number of anilines is 1. The zero-order valence-corrected chi connectivity index (χ0v) is 9.00. The highest BCUT2D eigenvalue weighted by Crippen LogP contribution is 2.19. The number of nitrogens with zero attached hydrogens (tertiary/aromatic N) is 2. The van der Waals surface area contributed by atoms with Crippen LogP contribution >= 0.6 is 11.3 Å². The molecule has 15 heavy (non-hydrogen) atoms. The van der Waals surface area contributed by atoms with E-state index in [9.17, 15) is 0 Å². The summed E-state index contributed by atoms with van der Waals surface area (Å²) in [4.78, 5) is 8.49. The number of nitrogens with one attached hydrogen (secondary N) is 1. The van der Waals surface area contributed by atoms with E-state index in [2.05, 4.69) is 20.7 Å². The Balaban J connectivity index is 2.19. The Morgan fingerprint density at radius 2 is 2.33 bits per heavy atom. The van der Waals surface area contributed by atoms with Crippen molar-refractivity contribution in [2.75, 3.05) is 18.4 Å². The summed E-state index contributed by atoms with van der Waals surface area (Å²) in [7, 11) is 0. The van der Waals surface area contributed by atoms with Gasteiger partial charge in [-0.3, -0.25) is 0 Å². The lowest BCUT2D eigenvalue weighted by atomic mass is 10.2. The minimum atomic E-state index is 0.575. The van der Waals surface area contributed by atoms with Gasteiger partial charge in [0.1, 0.15) is 0 Å². The Kier molecular flexibility index (Phi) is 3.26. The molecule has 2 rings (SSSR count). The van der Waals surface area contributed by atoms with E-state index >= 15 is 0 Å². The third kappa shape index (κ3) is 2.51. The summed E-state index contributed by atoms with van der Waals surface area (Å²) in [6.45, 7) is 1.26. The molecule has 2 heterocycles. The highest BCUT2D eigenvalue weighted by molar-refractivity contribution is 7.08. The molecule has 0 bridgehead atoms. The van der Waals surface area contributed by atoms with Crippen molar-refractivity contribution in [2.24, 2.45) is 5.73 Å². The number of rotatable bonds is 4. The third-order valence-corrected chi connectivity index (χ3v) is 2.58. The van der Waals surface area contributed by atoms with Crippen LogP contribution in [0.1, 0.15) is 0 Å². The van der Waals surface area contributed by atoms with Gasteiger partial charge in [-0.25, -0.2) is 9.97 Å². The lowest BCUT2D eigenvalue weighted by molar-refractivity contribution is 0.990. The van der Waals surface area contributed by atoms with Gasteiger partial charge in [0.2, 0.25) is 5.95 Å². The summed E-state index contributed by atoms with van der Waals surface area (Å²) >= 11 is 1.66. The molecule has 4 nitrogen and oxygen atoms in total. The fourth-order valence-electron chi connectivity index (χ4n) is 1.20. The summed E-state index contributed by atoms with van der Waals surface area (Å²) in [5.74, 6) is 0.629. The van der Waals surface area contributed by atoms with Crippen LogP contribution in [0.2, 0.25) is 0 Å². The van der Waals surface area contributed by atoms with Crippen LogP contribution in [0, 0.1) is 0 Å². The highest BCUT2D eigenvalue weighted by atomic mass is 32.1. The minimum Gasteiger partial charge on any atom is -0.353 e. The summed E-state index contributed by atoms with van der Waals surface area (Å²) in [5, 5.41) is 7.15. The van der Waals surface area contributed by atoms with Gasteiger partial charge in [0.15, 0.2) is 0 Å². The second-order valence-corrected chi connectivity index (χ2v) is 3.77. The smallest absolute Gasteiger partial charge is 0.223 e. The minimum absolute atomic E-state index is 0.575. The average Bonchev–Trinajstić information content (AvgIpc) is 2.80. The Hall–Kier alpha value is -1.46. The number of aromatic nitrogens is 2. The molecule has 0 saturated heterocycles. The number of nitrogens with two attached hydrogens (primary N) is 1. The summed E-state index contributed by atoms with van der Waals surface area (Å²) < 4.78 is 0. The first kappa shape index (κ1) is 10.1. The molecule has 0 aliphatic rings. The summed E-state index contributed by atoms with van der Waals surface area (Å²) in [6.07, 6.45) is 1.75. The SMILES string of the molecule is NCCNc1nccc(-c2ccsc2)n1. The van der Waals surface area contributed by atoms with Crippen LogP contribution in [0.3, 0.4) is 0 Å². The summed E-state index contributed by atoms with van der Waals surface area (Å²) in [6, 6.07) is 3.94. The monoisotopic (exact) mass is 220 g/mol. The Morgan fingerprint density at radius 1 is 1.40 bits per heavy atom. The van der Waals surface area contributed by atoms with Crippen molar-refractivity contribution in [1.29, 1.82) is 0 Å². The van der Waals surface area contributed by atoms with E-state index in [1.165, 1.54) is 0 Å². The molecule has 0 atom stereocenters. The molecule has 0 unspecified atom stereocenters. The molecular weight excluding hydrogens is 208 g/mol. The standard InChI is InChI=1S/C10H12N4S/c11-3-5-13-10-12-4-1-9(14-10)8-2-6-15-7-8/h1-2,4,6-7H,3,5,11H2,(H,12,13,14). The molecule has 0 fully saturated rings. The van der Waals surface area contributed by atoms with E-state index in [-0.39, 0.29) is 0 Å². The van der Waals surface area contributed by atoms with Gasteiger partial charge in [0, 0.05) is 30.2 Å². The molecule has 0 aliphatic heterocycles. The van der Waals surface area contributed by atoms with E-state index in [0.29, 0.717) is 19.0 Å². The maximum atomic E-state index is 5.39. The number of thiophene rings is 1. The van der Waals surface area contributed by atoms with Crippen LogP contribution in [-0.2, 0) is 0 Å². The highest BCUT2D eigenvalue weighted by Gasteiger charge is 2.01. The quantitative estimate of drug-likeness (QED) is 0.821. The second-order valence-electron chi connectivity index (χ2n) is 2.99. The van der Waals surface area contributed by atoms with Crippen LogP contribution in [0.4, 0.5) is 5.95 Å². The van der Waals surface area contributed by atoms with Crippen LogP contribution in [0.5, 0.6) is 0 Å². The predicted octanol–water partition coefficient (Wildman–Crippen LogP) is 1.58. The number of hydrogen-bond acceptors (Lipinski definition) is 5. The van der Waals surface area contributed by atoms with Gasteiger partial charge in [-0.1, -0.05) is 0 Å². The van der Waals surface area contributed by atoms with Crippen molar-refractivity contribution in [3.8, 4) is 11.3 Å².